The van der Waals surface area contributed by atoms with Gasteiger partial charge >= 0.3 is 0 Å². The largest absolute Gasteiger partial charge is 0.351 e. The van der Waals surface area contributed by atoms with Crippen LogP contribution in [0.25, 0.3) is 11.4 Å². The van der Waals surface area contributed by atoms with E-state index in [9.17, 15) is 9.59 Å². The van der Waals surface area contributed by atoms with Crippen molar-refractivity contribution >= 4 is 23.1 Å². The van der Waals surface area contributed by atoms with Crippen LogP contribution in [0, 0.1) is 19.8 Å². The number of hydrogen-bond donors (Lipinski definition) is 2. The number of aryl methyl sites for hydroxylation is 1. The average Bonchev–Trinajstić information content (AvgIpc) is 3.65. The van der Waals surface area contributed by atoms with Crippen LogP contribution in [0.3, 0.4) is 0 Å². The van der Waals surface area contributed by atoms with Gasteiger partial charge in [0.15, 0.2) is 5.82 Å². The predicted octanol–water partition coefficient (Wildman–Crippen LogP) is 5.51. The second-order valence-electron chi connectivity index (χ2n) is 11.6. The third kappa shape index (κ3) is 5.69. The smallest absolute Gasteiger partial charge is 0.259 e. The van der Waals surface area contributed by atoms with Crippen LogP contribution in [0.5, 0.6) is 0 Å². The van der Waals surface area contributed by atoms with E-state index in [2.05, 4.69) is 37.8 Å². The number of carbonyl (C=O) groups is 2. The number of nitrogens with one attached hydrogen (secondary N) is 2. The van der Waals surface area contributed by atoms with Crippen LogP contribution < -0.4 is 10.6 Å². The van der Waals surface area contributed by atoms with E-state index < -0.39 is 0 Å². The number of aromatic nitrogens is 4. The molecule has 2 aliphatic rings. The van der Waals surface area contributed by atoms with Crippen molar-refractivity contribution in [1.82, 2.24) is 25.1 Å². The van der Waals surface area contributed by atoms with Crippen molar-refractivity contribution < 1.29 is 9.59 Å². The number of anilines is 1. The standard InChI is InChI=1S/C30H36N6O2/c1-18-14-24(16-32-27(18)21-8-10-22(11-9-21)28(37)35-30(3,4)5)34-29(38)25-17-33-36(19(25)2)26-13-12-23(15-31-26)20-6-7-20/h8,12-17,20,22H,6-7,9-11H2,1-5H3,(H,34,38)(H,35,37). The third-order valence-corrected chi connectivity index (χ3v) is 7.21. The van der Waals surface area contributed by atoms with Gasteiger partial charge in [-0.05, 0) is 101 Å². The van der Waals surface area contributed by atoms with Gasteiger partial charge in [0, 0.05) is 17.7 Å². The quantitative estimate of drug-likeness (QED) is 0.454. The molecule has 0 saturated heterocycles. The summed E-state index contributed by atoms with van der Waals surface area (Å²) >= 11 is 0. The molecule has 2 amide bonds. The molecule has 5 rings (SSSR count). The van der Waals surface area contributed by atoms with Gasteiger partial charge in [0.25, 0.3) is 5.91 Å². The number of nitrogens with zero attached hydrogens (tertiary/aromatic N) is 4. The Morgan fingerprint density at radius 3 is 2.42 bits per heavy atom. The molecule has 1 atom stereocenters. The van der Waals surface area contributed by atoms with Gasteiger partial charge in [-0.15, -0.1) is 0 Å². The summed E-state index contributed by atoms with van der Waals surface area (Å²) in [6.45, 7) is 9.87. The average molecular weight is 513 g/mol. The molecule has 0 aliphatic heterocycles. The van der Waals surface area contributed by atoms with E-state index in [0.29, 0.717) is 29.4 Å². The van der Waals surface area contributed by atoms with Gasteiger partial charge in [-0.2, -0.15) is 5.10 Å². The van der Waals surface area contributed by atoms with Crippen molar-refractivity contribution in [2.24, 2.45) is 5.92 Å². The highest BCUT2D eigenvalue weighted by atomic mass is 16.2. The highest BCUT2D eigenvalue weighted by molar-refractivity contribution is 6.05. The summed E-state index contributed by atoms with van der Waals surface area (Å²) in [7, 11) is 0. The summed E-state index contributed by atoms with van der Waals surface area (Å²) in [6, 6.07) is 6.00. The highest BCUT2D eigenvalue weighted by Crippen LogP contribution is 2.39. The minimum atomic E-state index is -0.234. The van der Waals surface area contributed by atoms with Crippen LogP contribution in [0.1, 0.15) is 91.7 Å². The molecular weight excluding hydrogens is 476 g/mol. The zero-order valence-electron chi connectivity index (χ0n) is 22.8. The molecule has 1 saturated carbocycles. The summed E-state index contributed by atoms with van der Waals surface area (Å²) in [5.74, 6) is 1.22. The molecule has 0 spiro atoms. The van der Waals surface area contributed by atoms with E-state index in [1.807, 2.05) is 52.9 Å². The topological polar surface area (TPSA) is 102 Å². The van der Waals surface area contributed by atoms with Crippen molar-refractivity contribution in [3.05, 3.63) is 70.9 Å². The maximum absolute atomic E-state index is 13.1. The van der Waals surface area contributed by atoms with E-state index in [4.69, 9.17) is 0 Å². The van der Waals surface area contributed by atoms with Crippen LogP contribution in [0.4, 0.5) is 5.69 Å². The molecule has 0 bridgehead atoms. The Kier molecular flexibility index (Phi) is 6.90. The van der Waals surface area contributed by atoms with E-state index in [1.54, 1.807) is 17.1 Å². The Bertz CT molecular complexity index is 1390. The Hall–Kier alpha value is -3.81. The molecule has 3 heterocycles. The first-order chi connectivity index (χ1) is 18.1. The van der Waals surface area contributed by atoms with Crippen molar-refractivity contribution in [1.29, 1.82) is 0 Å². The van der Waals surface area contributed by atoms with E-state index in [1.165, 1.54) is 18.4 Å². The molecule has 1 fully saturated rings. The van der Waals surface area contributed by atoms with Crippen molar-refractivity contribution in [3.63, 3.8) is 0 Å². The monoisotopic (exact) mass is 512 g/mol. The second-order valence-corrected chi connectivity index (χ2v) is 11.6. The van der Waals surface area contributed by atoms with Gasteiger partial charge < -0.3 is 10.6 Å². The minimum absolute atomic E-state index is 0.00710. The number of allylic oxidation sites excluding steroid dienone is 2. The third-order valence-electron chi connectivity index (χ3n) is 7.21. The summed E-state index contributed by atoms with van der Waals surface area (Å²) in [4.78, 5) is 34.8. The number of hydrogen-bond acceptors (Lipinski definition) is 5. The van der Waals surface area contributed by atoms with Crippen LogP contribution >= 0.6 is 0 Å². The van der Waals surface area contributed by atoms with E-state index >= 15 is 0 Å². The van der Waals surface area contributed by atoms with Crippen LogP contribution in [-0.2, 0) is 4.79 Å². The van der Waals surface area contributed by atoms with Gasteiger partial charge in [0.1, 0.15) is 0 Å². The molecule has 2 N–H and O–H groups in total. The Balaban J connectivity index is 1.24. The van der Waals surface area contributed by atoms with Gasteiger partial charge in [0.2, 0.25) is 5.91 Å². The zero-order chi connectivity index (χ0) is 27.0. The molecule has 38 heavy (non-hydrogen) atoms. The van der Waals surface area contributed by atoms with Crippen LogP contribution in [-0.4, -0.2) is 37.1 Å². The van der Waals surface area contributed by atoms with Crippen LogP contribution in [0.2, 0.25) is 0 Å². The predicted molar refractivity (Wildman–Crippen MR) is 148 cm³/mol. The molecule has 1 unspecified atom stereocenters. The lowest BCUT2D eigenvalue weighted by atomic mass is 9.86. The van der Waals surface area contributed by atoms with Crippen LogP contribution in [0.15, 0.2) is 42.9 Å². The molecule has 0 radical (unpaired) electrons. The molecule has 198 valence electrons. The normalized spacial score (nSPS) is 17.6. The number of rotatable bonds is 6. The lowest BCUT2D eigenvalue weighted by Gasteiger charge is -2.27. The molecule has 0 aromatic carbocycles. The van der Waals surface area contributed by atoms with Crippen molar-refractivity contribution in [2.45, 2.75) is 78.2 Å². The minimum Gasteiger partial charge on any atom is -0.351 e. The Morgan fingerprint density at radius 2 is 1.82 bits per heavy atom. The van der Waals surface area contributed by atoms with Gasteiger partial charge in [-0.3, -0.25) is 14.6 Å². The number of carbonyl (C=O) groups excluding carboxylic acids is 2. The van der Waals surface area contributed by atoms with E-state index in [0.717, 1.165) is 35.4 Å². The van der Waals surface area contributed by atoms with Gasteiger partial charge in [-0.1, -0.05) is 12.1 Å². The fraction of sp³-hybridized carbons (Fsp3) is 0.433. The maximum Gasteiger partial charge on any atom is 0.259 e. The van der Waals surface area contributed by atoms with Crippen molar-refractivity contribution in [3.8, 4) is 5.82 Å². The lowest BCUT2D eigenvalue weighted by Crippen LogP contribution is -2.44. The zero-order valence-corrected chi connectivity index (χ0v) is 22.8. The Labute approximate surface area is 224 Å². The Morgan fingerprint density at radius 1 is 1.03 bits per heavy atom. The molecule has 8 nitrogen and oxygen atoms in total. The molecular formula is C30H36N6O2. The second kappa shape index (κ2) is 10.2. The fourth-order valence-electron chi connectivity index (χ4n) is 4.98. The molecule has 2 aliphatic carbocycles. The van der Waals surface area contributed by atoms with Gasteiger partial charge in [-0.25, -0.2) is 9.67 Å². The molecule has 3 aromatic heterocycles. The van der Waals surface area contributed by atoms with E-state index in [-0.39, 0.29) is 23.3 Å². The number of pyridine rings is 2. The maximum atomic E-state index is 13.1. The number of amides is 2. The fourth-order valence-corrected chi connectivity index (χ4v) is 4.98. The summed E-state index contributed by atoms with van der Waals surface area (Å²) in [5.41, 5.74) is 5.95. The first kappa shape index (κ1) is 25.8. The first-order valence-electron chi connectivity index (χ1n) is 13.4. The molecule has 3 aromatic rings. The summed E-state index contributed by atoms with van der Waals surface area (Å²) < 4.78 is 1.70. The van der Waals surface area contributed by atoms with Gasteiger partial charge in [0.05, 0.1) is 35.0 Å². The summed E-state index contributed by atoms with van der Waals surface area (Å²) in [6.07, 6.45) is 12.1. The van der Waals surface area contributed by atoms with Crippen molar-refractivity contribution in [2.75, 3.05) is 5.32 Å². The summed E-state index contributed by atoms with van der Waals surface area (Å²) in [5, 5.41) is 10.5. The SMILES string of the molecule is Cc1cc(NC(=O)c2cnn(-c3ccc(C4CC4)cn3)c2C)cnc1C1=CCC(C(=O)NC(C)(C)C)CC1. The highest BCUT2D eigenvalue weighted by Gasteiger charge is 2.26. The lowest BCUT2D eigenvalue weighted by molar-refractivity contribution is -0.126. The molecule has 8 heteroatoms. The first-order valence-corrected chi connectivity index (χ1v) is 13.4.